The van der Waals surface area contributed by atoms with Crippen LogP contribution in [0.1, 0.15) is 24.4 Å². The van der Waals surface area contributed by atoms with Crippen LogP contribution in [0.3, 0.4) is 0 Å². The highest BCUT2D eigenvalue weighted by Crippen LogP contribution is 2.73. The predicted molar refractivity (Wildman–Crippen MR) is 172 cm³/mol. The summed E-state index contributed by atoms with van der Waals surface area (Å²) in [5.41, 5.74) is 4.32. The number of nitrogens with two attached hydrogens (primary N) is 1. The van der Waals surface area contributed by atoms with Crippen molar-refractivity contribution in [1.29, 1.82) is 0 Å². The number of aromatic amines is 1. The Labute approximate surface area is 304 Å². The van der Waals surface area contributed by atoms with Gasteiger partial charge in [0.1, 0.15) is 42.5 Å². The first-order chi connectivity index (χ1) is 25.3. The SMILES string of the molecule is Cc1cn(C2CC(O)C(COP(=O)(O)OP(=O)(O)OP(=O)(O)OP(=O)(O)OP(=O)(O)OCC3OC(n4cnc5c(N)ncnc54)C(O)C3O)O2)c(=O)[nH]c1=O. The molecule has 55 heavy (non-hydrogen) atoms. The van der Waals surface area contributed by atoms with Gasteiger partial charge < -0.3 is 55.0 Å². The second-order valence-electron chi connectivity index (χ2n) is 11.3. The number of hydrogen-bond acceptors (Lipinski definition) is 22. The Morgan fingerprint density at radius 1 is 0.800 bits per heavy atom. The zero-order valence-electron chi connectivity index (χ0n) is 27.1. The van der Waals surface area contributed by atoms with Crippen LogP contribution in [0.25, 0.3) is 11.2 Å². The first-order valence-corrected chi connectivity index (χ1v) is 22.1. The number of phosphoric ester groups is 2. The number of ether oxygens (including phenoxy) is 2. The fourth-order valence-corrected chi connectivity index (χ4v) is 11.3. The fourth-order valence-electron chi connectivity index (χ4n) is 4.94. The Morgan fingerprint density at radius 2 is 1.35 bits per heavy atom. The van der Waals surface area contributed by atoms with Crippen molar-refractivity contribution in [1.82, 2.24) is 29.1 Å². The lowest BCUT2D eigenvalue weighted by atomic mass is 10.1. The molecule has 0 saturated carbocycles. The number of aromatic nitrogens is 6. The fraction of sp³-hybridized carbons (Fsp3) is 0.550. The van der Waals surface area contributed by atoms with Crippen molar-refractivity contribution in [3.05, 3.63) is 45.3 Å². The average molecular weight is 891 g/mol. The maximum absolute atomic E-state index is 12.4. The van der Waals surface area contributed by atoms with Crippen LogP contribution in [0.5, 0.6) is 0 Å². The number of nitrogens with zero attached hydrogens (tertiary/aromatic N) is 5. The van der Waals surface area contributed by atoms with Gasteiger partial charge in [0.2, 0.25) is 0 Å². The van der Waals surface area contributed by atoms with Crippen molar-refractivity contribution in [2.75, 3.05) is 18.9 Å². The van der Waals surface area contributed by atoms with Gasteiger partial charge in [0.05, 0.1) is 25.6 Å². The molecule has 12 unspecified atom stereocenters. The molecule has 12 atom stereocenters. The van der Waals surface area contributed by atoms with Crippen molar-refractivity contribution >= 4 is 56.1 Å². The normalized spacial score (nSPS) is 29.9. The summed E-state index contributed by atoms with van der Waals surface area (Å²) in [5, 5.41) is 31.1. The Bertz CT molecular complexity index is 2280. The number of aliphatic hydroxyl groups excluding tert-OH is 3. The Hall–Kier alpha value is -2.46. The van der Waals surface area contributed by atoms with Gasteiger partial charge in [0.15, 0.2) is 17.7 Å². The van der Waals surface area contributed by atoms with E-state index in [-0.39, 0.29) is 29.0 Å². The molecular weight excluding hydrogens is 861 g/mol. The summed E-state index contributed by atoms with van der Waals surface area (Å²) in [6, 6.07) is 0. The van der Waals surface area contributed by atoms with Crippen molar-refractivity contribution in [3.8, 4) is 0 Å². The molecule has 2 aliphatic heterocycles. The number of imidazole rings is 1. The van der Waals surface area contributed by atoms with Gasteiger partial charge in [0, 0.05) is 18.2 Å². The zero-order valence-corrected chi connectivity index (χ0v) is 31.6. The van der Waals surface area contributed by atoms with E-state index in [0.29, 0.717) is 0 Å². The number of H-pyrrole nitrogens is 1. The van der Waals surface area contributed by atoms with Gasteiger partial charge in [-0.25, -0.2) is 42.6 Å². The van der Waals surface area contributed by atoms with E-state index in [1.807, 2.05) is 4.98 Å². The first-order valence-electron chi connectivity index (χ1n) is 14.7. The van der Waals surface area contributed by atoms with Crippen LogP contribution < -0.4 is 17.0 Å². The lowest BCUT2D eigenvalue weighted by molar-refractivity contribution is -0.0503. The molecule has 0 spiro atoms. The zero-order chi connectivity index (χ0) is 40.9. The molecule has 2 saturated heterocycles. The first kappa shape index (κ1) is 43.7. The standard InChI is InChI=1S/C20H30N7O23P5/c1-8-3-26(20(32)25-18(8)31)12-2-9(28)10(45-12)4-43-51(33,34)47-53(37,38)49-55(41,42)50-54(39,40)48-52(35,36)44-5-11-14(29)15(30)19(46-11)27-7-24-13-16(21)22-6-23-17(13)27/h3,6-7,9-12,14-15,19,28-30H,2,4-5H2,1H3,(H,33,34)(H,35,36)(H,37,38)(H,39,40)(H,41,42)(H2,21,22,23)(H,25,31,32). The molecule has 11 N–H and O–H groups in total. The van der Waals surface area contributed by atoms with Gasteiger partial charge in [-0.2, -0.15) is 17.2 Å². The van der Waals surface area contributed by atoms with Gasteiger partial charge >= 0.3 is 44.8 Å². The van der Waals surface area contributed by atoms with E-state index in [1.54, 1.807) is 0 Å². The van der Waals surface area contributed by atoms with Crippen molar-refractivity contribution < 1.29 is 98.4 Å². The number of aryl methyl sites for hydroxylation is 1. The quantitative estimate of drug-likeness (QED) is 0.0705. The highest BCUT2D eigenvalue weighted by Gasteiger charge is 2.50. The molecule has 2 aliphatic rings. The van der Waals surface area contributed by atoms with Crippen LogP contribution in [0, 0.1) is 6.92 Å². The van der Waals surface area contributed by atoms with Crippen LogP contribution in [-0.2, 0) is 58.6 Å². The van der Waals surface area contributed by atoms with Gasteiger partial charge in [-0.1, -0.05) is 0 Å². The molecule has 5 rings (SSSR count). The summed E-state index contributed by atoms with van der Waals surface area (Å²) in [5.74, 6) is -0.0386. The Balaban J connectivity index is 1.12. The number of nitrogen functional groups attached to an aromatic ring is 1. The van der Waals surface area contributed by atoms with Gasteiger partial charge in [0.25, 0.3) is 5.56 Å². The van der Waals surface area contributed by atoms with Crippen LogP contribution in [0.15, 0.2) is 28.4 Å². The predicted octanol–water partition coefficient (Wildman–Crippen LogP) is -1.86. The summed E-state index contributed by atoms with van der Waals surface area (Å²) in [6.07, 6.45) is -7.94. The summed E-state index contributed by atoms with van der Waals surface area (Å²) in [4.78, 5) is 86.4. The topological polar surface area (TPSA) is 446 Å². The van der Waals surface area contributed by atoms with E-state index in [0.717, 1.165) is 28.0 Å². The lowest BCUT2D eigenvalue weighted by Crippen LogP contribution is -2.33. The summed E-state index contributed by atoms with van der Waals surface area (Å²) < 4.78 is 98.1. The molecule has 0 radical (unpaired) electrons. The number of rotatable bonds is 16. The van der Waals surface area contributed by atoms with Crippen LogP contribution in [-0.4, -0.2) is 113 Å². The number of phosphoric acid groups is 5. The minimum atomic E-state index is -6.43. The molecule has 0 amide bonds. The average Bonchev–Trinajstić information content (AvgIpc) is 3.70. The van der Waals surface area contributed by atoms with Gasteiger partial charge in [-0.3, -0.25) is 28.0 Å². The third-order valence-corrected chi connectivity index (χ3v) is 14.8. The molecule has 0 aliphatic carbocycles. The summed E-state index contributed by atoms with van der Waals surface area (Å²) in [7, 11) is -30.7. The van der Waals surface area contributed by atoms with E-state index in [4.69, 9.17) is 15.2 Å². The number of hydrogen-bond donors (Lipinski definition) is 10. The Morgan fingerprint density at radius 3 is 1.93 bits per heavy atom. The molecule has 308 valence electrons. The van der Waals surface area contributed by atoms with E-state index >= 15 is 0 Å². The molecular formula is C20H30N7O23P5. The van der Waals surface area contributed by atoms with Gasteiger partial charge in [-0.05, 0) is 6.92 Å². The van der Waals surface area contributed by atoms with E-state index < -0.39 is 107 Å². The maximum Gasteiger partial charge on any atom is 0.490 e. The number of nitrogens with one attached hydrogen (secondary N) is 1. The minimum absolute atomic E-state index is 0.0386. The second kappa shape index (κ2) is 16.1. The molecule has 2 fully saturated rings. The smallest absolute Gasteiger partial charge is 0.390 e. The van der Waals surface area contributed by atoms with E-state index in [9.17, 15) is 72.2 Å². The summed E-state index contributed by atoms with van der Waals surface area (Å²) in [6.45, 7) is -0.894. The van der Waals surface area contributed by atoms with Crippen molar-refractivity contribution in [2.24, 2.45) is 0 Å². The number of fused-ring (bicyclic) bond motifs is 1. The molecule has 3 aromatic rings. The lowest BCUT2D eigenvalue weighted by Gasteiger charge is -2.22. The molecule has 0 bridgehead atoms. The minimum Gasteiger partial charge on any atom is -0.390 e. The number of anilines is 1. The largest absolute Gasteiger partial charge is 0.490 e. The molecule has 30 nitrogen and oxygen atoms in total. The van der Waals surface area contributed by atoms with Crippen LogP contribution in [0.4, 0.5) is 5.82 Å². The van der Waals surface area contributed by atoms with Crippen LogP contribution >= 0.6 is 39.1 Å². The maximum atomic E-state index is 12.4. The molecule has 0 aromatic carbocycles. The third-order valence-electron chi connectivity index (χ3n) is 7.29. The number of aliphatic hydroxyl groups is 3. The third kappa shape index (κ3) is 10.7. The van der Waals surface area contributed by atoms with Crippen LogP contribution in [0.2, 0.25) is 0 Å². The monoisotopic (exact) mass is 891 g/mol. The highest BCUT2D eigenvalue weighted by atomic mass is 31.3. The van der Waals surface area contributed by atoms with Crippen molar-refractivity contribution in [3.63, 3.8) is 0 Å². The molecule has 3 aromatic heterocycles. The second-order valence-corrected chi connectivity index (χ2v) is 19.1. The van der Waals surface area contributed by atoms with Crippen molar-refractivity contribution in [2.45, 2.75) is 56.3 Å². The van der Waals surface area contributed by atoms with E-state index in [1.165, 1.54) is 6.92 Å². The molecule has 35 heteroatoms. The Kier molecular flexibility index (Phi) is 12.7. The van der Waals surface area contributed by atoms with Gasteiger partial charge in [-0.15, -0.1) is 0 Å². The molecule has 5 heterocycles. The highest BCUT2D eigenvalue weighted by molar-refractivity contribution is 7.71. The van der Waals surface area contributed by atoms with E-state index in [2.05, 4.69) is 41.2 Å². The summed E-state index contributed by atoms with van der Waals surface area (Å²) >= 11 is 0.